The van der Waals surface area contributed by atoms with Crippen molar-refractivity contribution in [2.75, 3.05) is 32.1 Å². The highest BCUT2D eigenvalue weighted by Gasteiger charge is 2.17. The highest BCUT2D eigenvalue weighted by molar-refractivity contribution is 5.91. The van der Waals surface area contributed by atoms with E-state index in [2.05, 4.69) is 10.6 Å². The van der Waals surface area contributed by atoms with Crippen LogP contribution in [0, 0.1) is 0 Å². The molecule has 2 N–H and O–H groups in total. The molecule has 2 rings (SSSR count). The zero-order chi connectivity index (χ0) is 15.1. The third kappa shape index (κ3) is 4.37. The molecule has 6 nitrogen and oxygen atoms in total. The number of benzene rings is 1. The van der Waals surface area contributed by atoms with Gasteiger partial charge in [-0.2, -0.15) is 0 Å². The van der Waals surface area contributed by atoms with Gasteiger partial charge in [0, 0.05) is 26.1 Å². The second-order valence-electron chi connectivity index (χ2n) is 4.92. The van der Waals surface area contributed by atoms with Crippen molar-refractivity contribution in [2.45, 2.75) is 19.3 Å². The Kier molecular flexibility index (Phi) is 5.43. The highest BCUT2D eigenvalue weighted by atomic mass is 16.5. The summed E-state index contributed by atoms with van der Waals surface area (Å²) < 4.78 is 5.15. The van der Waals surface area contributed by atoms with Crippen molar-refractivity contribution < 1.29 is 14.3 Å². The van der Waals surface area contributed by atoms with Crippen LogP contribution in [0.2, 0.25) is 0 Å². The summed E-state index contributed by atoms with van der Waals surface area (Å²) in [4.78, 5) is 25.4. The van der Waals surface area contributed by atoms with Crippen LogP contribution in [-0.2, 0) is 4.79 Å². The van der Waals surface area contributed by atoms with Gasteiger partial charge < -0.3 is 20.3 Å². The van der Waals surface area contributed by atoms with Gasteiger partial charge in [-0.15, -0.1) is 0 Å². The van der Waals surface area contributed by atoms with E-state index in [0.29, 0.717) is 24.4 Å². The summed E-state index contributed by atoms with van der Waals surface area (Å²) in [6, 6.07) is 6.83. The predicted octanol–water partition coefficient (Wildman–Crippen LogP) is 1.83. The Morgan fingerprint density at radius 1 is 1.24 bits per heavy atom. The summed E-state index contributed by atoms with van der Waals surface area (Å²) >= 11 is 0. The van der Waals surface area contributed by atoms with Gasteiger partial charge in [0.1, 0.15) is 5.75 Å². The summed E-state index contributed by atoms with van der Waals surface area (Å²) in [5, 5.41) is 5.39. The normalized spacial score (nSPS) is 13.9. The van der Waals surface area contributed by atoms with E-state index in [0.717, 1.165) is 25.9 Å². The van der Waals surface area contributed by atoms with Crippen LogP contribution >= 0.6 is 0 Å². The van der Waals surface area contributed by atoms with Crippen molar-refractivity contribution in [1.29, 1.82) is 0 Å². The monoisotopic (exact) mass is 291 g/mol. The standard InChI is InChI=1S/C15H21N3O3/c1-21-13-7-3-2-6-12(13)17-15(20)16-9-8-14(19)18-10-4-5-11-18/h2-3,6-7H,4-5,8-11H2,1H3,(H2,16,17,20). The number of carbonyl (C=O) groups is 2. The van der Waals surface area contributed by atoms with Gasteiger partial charge in [-0.1, -0.05) is 12.1 Å². The molecule has 1 saturated heterocycles. The number of hydrogen-bond acceptors (Lipinski definition) is 3. The van der Waals surface area contributed by atoms with E-state index < -0.39 is 0 Å². The molecule has 1 aromatic carbocycles. The average molecular weight is 291 g/mol. The fourth-order valence-corrected chi connectivity index (χ4v) is 2.32. The second-order valence-corrected chi connectivity index (χ2v) is 4.92. The Labute approximate surface area is 124 Å². The van der Waals surface area contributed by atoms with Crippen molar-refractivity contribution in [3.63, 3.8) is 0 Å². The molecule has 1 aliphatic heterocycles. The summed E-state index contributed by atoms with van der Waals surface area (Å²) in [5.74, 6) is 0.700. The fourth-order valence-electron chi connectivity index (χ4n) is 2.32. The lowest BCUT2D eigenvalue weighted by molar-refractivity contribution is -0.129. The minimum atomic E-state index is -0.339. The van der Waals surface area contributed by atoms with E-state index in [1.165, 1.54) is 0 Å². The molecule has 0 unspecified atom stereocenters. The first kappa shape index (κ1) is 15.2. The van der Waals surface area contributed by atoms with E-state index >= 15 is 0 Å². The summed E-state index contributed by atoms with van der Waals surface area (Å²) in [6.07, 6.45) is 2.49. The molecule has 114 valence electrons. The molecule has 21 heavy (non-hydrogen) atoms. The van der Waals surface area contributed by atoms with Gasteiger partial charge in [0.25, 0.3) is 0 Å². The number of nitrogens with zero attached hydrogens (tertiary/aromatic N) is 1. The molecule has 1 fully saturated rings. The molecule has 1 aromatic rings. The average Bonchev–Trinajstić information content (AvgIpc) is 3.02. The molecule has 0 radical (unpaired) electrons. The lowest BCUT2D eigenvalue weighted by atomic mass is 10.3. The van der Waals surface area contributed by atoms with Crippen molar-refractivity contribution in [3.8, 4) is 5.75 Å². The number of hydrogen-bond donors (Lipinski definition) is 2. The maximum absolute atomic E-state index is 11.8. The number of likely N-dealkylation sites (tertiary alicyclic amines) is 1. The van der Waals surface area contributed by atoms with Gasteiger partial charge in [-0.25, -0.2) is 4.79 Å². The van der Waals surface area contributed by atoms with Crippen LogP contribution in [0.5, 0.6) is 5.75 Å². The van der Waals surface area contributed by atoms with Gasteiger partial charge in [0.2, 0.25) is 5.91 Å². The third-order valence-corrected chi connectivity index (χ3v) is 3.44. The number of ether oxygens (including phenoxy) is 1. The smallest absolute Gasteiger partial charge is 0.319 e. The van der Waals surface area contributed by atoms with Crippen molar-refractivity contribution in [2.24, 2.45) is 0 Å². The van der Waals surface area contributed by atoms with E-state index in [4.69, 9.17) is 4.74 Å². The second kappa shape index (κ2) is 7.52. The highest BCUT2D eigenvalue weighted by Crippen LogP contribution is 2.22. The molecule has 0 bridgehead atoms. The van der Waals surface area contributed by atoms with Gasteiger partial charge >= 0.3 is 6.03 Å². The minimum absolute atomic E-state index is 0.102. The molecule has 1 heterocycles. The number of nitrogens with one attached hydrogen (secondary N) is 2. The molecular formula is C15H21N3O3. The van der Waals surface area contributed by atoms with Crippen LogP contribution in [0.4, 0.5) is 10.5 Å². The van der Waals surface area contributed by atoms with Crippen LogP contribution in [0.3, 0.4) is 0 Å². The number of amides is 3. The first-order valence-electron chi connectivity index (χ1n) is 7.16. The Balaban J connectivity index is 1.73. The van der Waals surface area contributed by atoms with E-state index in [1.54, 1.807) is 19.2 Å². The largest absolute Gasteiger partial charge is 0.495 e. The summed E-state index contributed by atoms with van der Waals surface area (Å²) in [5.41, 5.74) is 0.600. The molecule has 0 aromatic heterocycles. The first-order chi connectivity index (χ1) is 10.2. The lowest BCUT2D eigenvalue weighted by Gasteiger charge is -2.15. The number of methoxy groups -OCH3 is 1. The zero-order valence-corrected chi connectivity index (χ0v) is 12.2. The molecule has 1 aliphatic rings. The number of rotatable bonds is 5. The topological polar surface area (TPSA) is 70.7 Å². The SMILES string of the molecule is COc1ccccc1NC(=O)NCCC(=O)N1CCCC1. The number of para-hydroxylation sites is 2. The Morgan fingerprint density at radius 3 is 2.67 bits per heavy atom. The molecular weight excluding hydrogens is 270 g/mol. The minimum Gasteiger partial charge on any atom is -0.495 e. The quantitative estimate of drug-likeness (QED) is 0.869. The lowest BCUT2D eigenvalue weighted by Crippen LogP contribution is -2.34. The Hall–Kier alpha value is -2.24. The Bertz CT molecular complexity index is 499. The summed E-state index contributed by atoms with van der Waals surface area (Å²) in [6.45, 7) is 2.01. The van der Waals surface area contributed by atoms with Crippen LogP contribution < -0.4 is 15.4 Å². The van der Waals surface area contributed by atoms with Crippen LogP contribution in [-0.4, -0.2) is 43.6 Å². The maximum atomic E-state index is 11.8. The Morgan fingerprint density at radius 2 is 1.95 bits per heavy atom. The van der Waals surface area contributed by atoms with E-state index in [1.807, 2.05) is 17.0 Å². The third-order valence-electron chi connectivity index (χ3n) is 3.44. The molecule has 3 amide bonds. The molecule has 6 heteroatoms. The molecule has 0 spiro atoms. The molecule has 0 aliphatic carbocycles. The van der Waals surface area contributed by atoms with Crippen molar-refractivity contribution >= 4 is 17.6 Å². The molecule has 0 saturated carbocycles. The van der Waals surface area contributed by atoms with Gasteiger partial charge in [-0.3, -0.25) is 4.79 Å². The van der Waals surface area contributed by atoms with Gasteiger partial charge in [0.15, 0.2) is 0 Å². The molecule has 0 atom stereocenters. The summed E-state index contributed by atoms with van der Waals surface area (Å²) in [7, 11) is 1.55. The number of carbonyl (C=O) groups excluding carboxylic acids is 2. The zero-order valence-electron chi connectivity index (χ0n) is 12.2. The maximum Gasteiger partial charge on any atom is 0.319 e. The van der Waals surface area contributed by atoms with Crippen LogP contribution in [0.25, 0.3) is 0 Å². The van der Waals surface area contributed by atoms with E-state index in [-0.39, 0.29) is 11.9 Å². The van der Waals surface area contributed by atoms with Crippen LogP contribution in [0.15, 0.2) is 24.3 Å². The van der Waals surface area contributed by atoms with Crippen LogP contribution in [0.1, 0.15) is 19.3 Å². The van der Waals surface area contributed by atoms with Gasteiger partial charge in [0.05, 0.1) is 12.8 Å². The van der Waals surface area contributed by atoms with E-state index in [9.17, 15) is 9.59 Å². The number of anilines is 1. The van der Waals surface area contributed by atoms with Crippen molar-refractivity contribution in [3.05, 3.63) is 24.3 Å². The van der Waals surface area contributed by atoms with Crippen molar-refractivity contribution in [1.82, 2.24) is 10.2 Å². The van der Waals surface area contributed by atoms with Gasteiger partial charge in [-0.05, 0) is 25.0 Å². The number of urea groups is 1. The fraction of sp³-hybridized carbons (Fsp3) is 0.467. The predicted molar refractivity (Wildman–Crippen MR) is 80.4 cm³/mol. The first-order valence-corrected chi connectivity index (χ1v) is 7.16.